The maximum atomic E-state index is 12.3. The highest BCUT2D eigenvalue weighted by molar-refractivity contribution is 7.89. The molecule has 2 amide bonds. The summed E-state index contributed by atoms with van der Waals surface area (Å²) in [4.78, 5) is 16.8. The van der Waals surface area contributed by atoms with Gasteiger partial charge in [-0.05, 0) is 24.1 Å². The van der Waals surface area contributed by atoms with E-state index in [4.69, 9.17) is 4.74 Å². The second-order valence-electron chi connectivity index (χ2n) is 8.09. The van der Waals surface area contributed by atoms with Crippen LogP contribution in [0.3, 0.4) is 0 Å². The first-order valence-corrected chi connectivity index (χ1v) is 13.1. The third-order valence-corrected chi connectivity index (χ3v) is 8.22. The zero-order valence-electron chi connectivity index (χ0n) is 18.7. The number of urea groups is 1. The van der Waals surface area contributed by atoms with Crippen LogP contribution in [-0.4, -0.2) is 69.3 Å². The van der Waals surface area contributed by atoms with Crippen molar-refractivity contribution in [2.45, 2.75) is 25.7 Å². The number of ether oxygens (including phenoxy) is 1. The van der Waals surface area contributed by atoms with E-state index in [1.807, 2.05) is 29.6 Å². The van der Waals surface area contributed by atoms with Crippen molar-refractivity contribution in [2.24, 2.45) is 0 Å². The molecule has 1 aliphatic heterocycles. The third kappa shape index (κ3) is 6.18. The summed E-state index contributed by atoms with van der Waals surface area (Å²) in [6, 6.07) is 7.45. The molecule has 9 nitrogen and oxygen atoms in total. The first-order chi connectivity index (χ1) is 15.2. The lowest BCUT2D eigenvalue weighted by Crippen LogP contribution is -2.47. The van der Waals surface area contributed by atoms with E-state index in [-0.39, 0.29) is 17.7 Å². The normalized spacial score (nSPS) is 15.3. The second kappa shape index (κ2) is 10.6. The average Bonchev–Trinajstić information content (AvgIpc) is 3.26. The number of thiazole rings is 1. The lowest BCUT2D eigenvalue weighted by Gasteiger charge is -2.26. The summed E-state index contributed by atoms with van der Waals surface area (Å²) in [6.07, 6.45) is 0.354. The minimum atomic E-state index is -3.28. The van der Waals surface area contributed by atoms with Crippen LogP contribution in [0.25, 0.3) is 0 Å². The summed E-state index contributed by atoms with van der Waals surface area (Å²) < 4.78 is 31.4. The van der Waals surface area contributed by atoms with Gasteiger partial charge in [-0.2, -0.15) is 4.31 Å². The molecule has 0 spiro atoms. The van der Waals surface area contributed by atoms with Crippen molar-refractivity contribution in [2.75, 3.05) is 50.9 Å². The van der Waals surface area contributed by atoms with Crippen LogP contribution in [0.4, 0.5) is 9.93 Å². The number of carbonyl (C=O) groups excluding carboxylic acids is 1. The van der Waals surface area contributed by atoms with Gasteiger partial charge in [0.25, 0.3) is 0 Å². The summed E-state index contributed by atoms with van der Waals surface area (Å²) in [5.41, 5.74) is 1.60. The quantitative estimate of drug-likeness (QED) is 0.474. The Morgan fingerprint density at radius 3 is 2.59 bits per heavy atom. The summed E-state index contributed by atoms with van der Waals surface area (Å²) in [7, 11) is -1.65. The van der Waals surface area contributed by atoms with E-state index in [0.717, 1.165) is 17.0 Å². The van der Waals surface area contributed by atoms with Crippen LogP contribution in [0.2, 0.25) is 0 Å². The van der Waals surface area contributed by atoms with Crippen molar-refractivity contribution in [3.63, 3.8) is 0 Å². The maximum Gasteiger partial charge on any atom is 0.321 e. The largest absolute Gasteiger partial charge is 0.497 e. The maximum absolute atomic E-state index is 12.3. The van der Waals surface area contributed by atoms with Crippen LogP contribution in [0.15, 0.2) is 29.6 Å². The average molecular weight is 482 g/mol. The van der Waals surface area contributed by atoms with Crippen molar-refractivity contribution in [1.29, 1.82) is 0 Å². The van der Waals surface area contributed by atoms with Gasteiger partial charge in [-0.25, -0.2) is 18.2 Å². The Bertz CT molecular complexity index is 999. The molecule has 176 valence electrons. The minimum absolute atomic E-state index is 0.0186. The number of piperazine rings is 1. The lowest BCUT2D eigenvalue weighted by molar-refractivity contribution is 0.252. The van der Waals surface area contributed by atoms with Gasteiger partial charge < -0.3 is 15.4 Å². The first-order valence-electron chi connectivity index (χ1n) is 10.6. The number of sulfonamides is 1. The van der Waals surface area contributed by atoms with Crippen LogP contribution >= 0.6 is 11.3 Å². The molecular weight excluding hydrogens is 450 g/mol. The first kappa shape index (κ1) is 24.4. The predicted octanol–water partition coefficient (Wildman–Crippen LogP) is 2.22. The van der Waals surface area contributed by atoms with Crippen molar-refractivity contribution in [3.05, 3.63) is 40.9 Å². The predicted molar refractivity (Wildman–Crippen MR) is 127 cm³/mol. The fraction of sp³-hybridized carbons (Fsp3) is 0.524. The molecule has 1 aromatic carbocycles. The second-order valence-corrected chi connectivity index (χ2v) is 11.0. The van der Waals surface area contributed by atoms with Crippen LogP contribution in [0.1, 0.15) is 31.5 Å². The molecule has 1 aliphatic rings. The van der Waals surface area contributed by atoms with Crippen LogP contribution in [0.5, 0.6) is 5.75 Å². The number of nitrogens with zero attached hydrogens (tertiary/aromatic N) is 2. The summed E-state index contributed by atoms with van der Waals surface area (Å²) in [5, 5.41) is 11.0. The monoisotopic (exact) mass is 481 g/mol. The van der Waals surface area contributed by atoms with Crippen molar-refractivity contribution < 1.29 is 17.9 Å². The topological polar surface area (TPSA) is 113 Å². The van der Waals surface area contributed by atoms with E-state index in [2.05, 4.69) is 34.8 Å². The molecule has 2 aromatic rings. The molecular formula is C21H31N5O4S2. The molecule has 32 heavy (non-hydrogen) atoms. The smallest absolute Gasteiger partial charge is 0.321 e. The number of aromatic nitrogens is 1. The molecule has 0 unspecified atom stereocenters. The van der Waals surface area contributed by atoms with Gasteiger partial charge in [-0.15, -0.1) is 11.3 Å². The molecule has 11 heteroatoms. The third-order valence-electron chi connectivity index (χ3n) is 5.51. The Morgan fingerprint density at radius 1 is 1.25 bits per heavy atom. The molecule has 0 bridgehead atoms. The SMILES string of the molecule is COc1ccc(C(C)(C)c2csc(NC(=O)NCCCS(=O)(=O)N3CCNCC3)n2)cc1. The molecule has 0 atom stereocenters. The molecule has 1 aromatic heterocycles. The molecule has 0 radical (unpaired) electrons. The highest BCUT2D eigenvalue weighted by atomic mass is 32.2. The van der Waals surface area contributed by atoms with E-state index in [9.17, 15) is 13.2 Å². The Labute approximate surface area is 193 Å². The number of methoxy groups -OCH3 is 1. The van der Waals surface area contributed by atoms with Crippen LogP contribution < -0.4 is 20.7 Å². The molecule has 1 saturated heterocycles. The van der Waals surface area contributed by atoms with E-state index < -0.39 is 16.1 Å². The minimum Gasteiger partial charge on any atom is -0.497 e. The van der Waals surface area contributed by atoms with Gasteiger partial charge in [0.15, 0.2) is 5.13 Å². The van der Waals surface area contributed by atoms with Gasteiger partial charge in [0.1, 0.15) is 5.75 Å². The Kier molecular flexibility index (Phi) is 8.10. The summed E-state index contributed by atoms with van der Waals surface area (Å²) >= 11 is 1.35. The van der Waals surface area contributed by atoms with Crippen LogP contribution in [-0.2, 0) is 15.4 Å². The van der Waals surface area contributed by atoms with E-state index in [1.165, 1.54) is 15.6 Å². The number of nitrogens with one attached hydrogen (secondary N) is 3. The Balaban J connectivity index is 1.47. The van der Waals surface area contributed by atoms with Gasteiger partial charge in [0.05, 0.1) is 18.6 Å². The van der Waals surface area contributed by atoms with Gasteiger partial charge in [0.2, 0.25) is 10.0 Å². The number of anilines is 1. The highest BCUT2D eigenvalue weighted by Crippen LogP contribution is 2.34. The van der Waals surface area contributed by atoms with Crippen molar-refractivity contribution in [3.8, 4) is 5.75 Å². The Hall–Kier alpha value is -2.21. The van der Waals surface area contributed by atoms with Gasteiger partial charge in [0, 0.05) is 43.5 Å². The molecule has 3 rings (SSSR count). The fourth-order valence-corrected chi connectivity index (χ4v) is 5.80. The number of rotatable bonds is 9. The number of benzene rings is 1. The zero-order valence-corrected chi connectivity index (χ0v) is 20.3. The van der Waals surface area contributed by atoms with E-state index in [0.29, 0.717) is 37.7 Å². The van der Waals surface area contributed by atoms with Gasteiger partial charge in [-0.3, -0.25) is 5.32 Å². The highest BCUT2D eigenvalue weighted by Gasteiger charge is 2.27. The number of amides is 2. The fourth-order valence-electron chi connectivity index (χ4n) is 3.42. The standard InChI is InChI=1S/C21H31N5O4S2/c1-21(2,16-5-7-17(30-3)8-6-16)18-15-31-20(24-18)25-19(27)23-9-4-14-32(28,29)26-12-10-22-11-13-26/h5-8,15,22H,4,9-14H2,1-3H3,(H2,23,24,25,27). The molecule has 1 fully saturated rings. The Morgan fingerprint density at radius 2 is 1.94 bits per heavy atom. The molecule has 0 aliphatic carbocycles. The van der Waals surface area contributed by atoms with E-state index >= 15 is 0 Å². The number of hydrogen-bond acceptors (Lipinski definition) is 7. The molecule has 0 saturated carbocycles. The zero-order chi connectivity index (χ0) is 23.2. The van der Waals surface area contributed by atoms with Crippen molar-refractivity contribution in [1.82, 2.24) is 19.9 Å². The van der Waals surface area contributed by atoms with Crippen LogP contribution in [0, 0.1) is 0 Å². The van der Waals surface area contributed by atoms with Gasteiger partial charge >= 0.3 is 6.03 Å². The van der Waals surface area contributed by atoms with Crippen molar-refractivity contribution >= 4 is 32.5 Å². The summed E-state index contributed by atoms with van der Waals surface area (Å²) in [6.45, 7) is 6.76. The summed E-state index contributed by atoms with van der Waals surface area (Å²) in [5.74, 6) is 0.813. The van der Waals surface area contributed by atoms with Gasteiger partial charge in [-0.1, -0.05) is 26.0 Å². The molecule has 3 N–H and O–H groups in total. The number of hydrogen-bond donors (Lipinski definition) is 3. The lowest BCUT2D eigenvalue weighted by atomic mass is 9.82. The van der Waals surface area contributed by atoms with E-state index in [1.54, 1.807) is 7.11 Å². The molecule has 2 heterocycles. The number of carbonyl (C=O) groups is 1.